The van der Waals surface area contributed by atoms with Gasteiger partial charge in [0.05, 0.1) is 18.0 Å². The summed E-state index contributed by atoms with van der Waals surface area (Å²) in [5, 5.41) is 3.32. The smallest absolute Gasteiger partial charge is 0.262 e. The van der Waals surface area contributed by atoms with Crippen molar-refractivity contribution in [1.29, 1.82) is 0 Å². The second kappa shape index (κ2) is 11.9. The Labute approximate surface area is 223 Å². The number of benzene rings is 2. The second-order valence-electron chi connectivity index (χ2n) is 10.8. The van der Waals surface area contributed by atoms with Crippen molar-refractivity contribution in [1.82, 2.24) is 19.8 Å². The number of methoxy groups -OCH3 is 1. The molecular weight excluding hydrogens is 483 g/mol. The van der Waals surface area contributed by atoms with Crippen LogP contribution in [-0.2, 0) is 11.3 Å². The van der Waals surface area contributed by atoms with E-state index in [4.69, 9.17) is 9.72 Å². The number of likely N-dealkylation sites (tertiary alicyclic amines) is 1. The summed E-state index contributed by atoms with van der Waals surface area (Å²) < 4.78 is 20.6. The van der Waals surface area contributed by atoms with E-state index in [2.05, 4.69) is 16.3 Å². The lowest BCUT2D eigenvalue weighted by atomic mass is 10.1. The van der Waals surface area contributed by atoms with Crippen molar-refractivity contribution >= 4 is 22.9 Å². The van der Waals surface area contributed by atoms with Crippen molar-refractivity contribution in [2.45, 2.75) is 58.5 Å². The summed E-state index contributed by atoms with van der Waals surface area (Å²) >= 11 is 0. The molecule has 3 aromatic rings. The van der Waals surface area contributed by atoms with Crippen LogP contribution in [0.3, 0.4) is 0 Å². The molecule has 0 saturated carbocycles. The van der Waals surface area contributed by atoms with E-state index in [1.165, 1.54) is 62.2 Å². The van der Waals surface area contributed by atoms with Crippen molar-refractivity contribution < 1.29 is 13.9 Å². The summed E-state index contributed by atoms with van der Waals surface area (Å²) in [6.45, 7) is 8.78. The van der Waals surface area contributed by atoms with Gasteiger partial charge in [-0.05, 0) is 89.0 Å². The molecule has 1 amide bonds. The van der Waals surface area contributed by atoms with Crippen molar-refractivity contribution in [2.24, 2.45) is 0 Å². The van der Waals surface area contributed by atoms with Gasteiger partial charge < -0.3 is 15.0 Å². The van der Waals surface area contributed by atoms with Gasteiger partial charge in [-0.2, -0.15) is 0 Å². The van der Waals surface area contributed by atoms with Gasteiger partial charge in [-0.3, -0.25) is 14.2 Å². The number of piperidine rings is 1. The number of hydrogen-bond acceptors (Lipinski definition) is 5. The number of carbonyl (C=O) groups excluding carboxylic acids is 1. The van der Waals surface area contributed by atoms with E-state index in [1.807, 2.05) is 45.0 Å². The van der Waals surface area contributed by atoms with Crippen LogP contribution in [0.25, 0.3) is 28.4 Å². The second-order valence-corrected chi connectivity index (χ2v) is 10.8. The standard InChI is InChI=1S/C30H37FN4O3/c1-30(2,3)33-27(36)20-35-28(22-12-13-24(31)26(19-22)38-4)32-25-14-11-21(18-23(25)29(35)37)10-6-9-17-34-15-7-5-8-16-34/h6,10-14,18-19H,5,7-9,15-17,20H2,1-4H3,(H,33,36)/b10-6+. The van der Waals surface area contributed by atoms with E-state index < -0.39 is 11.4 Å². The first-order valence-electron chi connectivity index (χ1n) is 13.2. The molecule has 1 N–H and O–H groups in total. The minimum absolute atomic E-state index is 0.0348. The van der Waals surface area contributed by atoms with Gasteiger partial charge in [-0.15, -0.1) is 0 Å². The SMILES string of the molecule is COc1cc(-c2nc3ccc(/C=C/CCN4CCCCC4)cc3c(=O)n2CC(=O)NC(C)(C)C)ccc1F. The van der Waals surface area contributed by atoms with Crippen LogP contribution < -0.4 is 15.6 Å². The first-order chi connectivity index (χ1) is 18.1. The molecule has 4 rings (SSSR count). The molecule has 0 bridgehead atoms. The van der Waals surface area contributed by atoms with Gasteiger partial charge in [0.25, 0.3) is 5.56 Å². The molecule has 0 radical (unpaired) electrons. The average Bonchev–Trinajstić information content (AvgIpc) is 2.88. The Hall–Kier alpha value is -3.52. The number of hydrogen-bond donors (Lipinski definition) is 1. The number of ether oxygens (including phenoxy) is 1. The summed E-state index contributed by atoms with van der Waals surface area (Å²) in [5.74, 6) is -0.528. The number of carbonyl (C=O) groups is 1. The molecule has 1 fully saturated rings. The highest BCUT2D eigenvalue weighted by molar-refractivity contribution is 5.84. The van der Waals surface area contributed by atoms with Crippen molar-refractivity contribution in [3.8, 4) is 17.1 Å². The maximum Gasteiger partial charge on any atom is 0.262 e. The Bertz CT molecular complexity index is 1380. The topological polar surface area (TPSA) is 76.5 Å². The molecule has 2 aromatic carbocycles. The number of amides is 1. The lowest BCUT2D eigenvalue weighted by Crippen LogP contribution is -2.43. The molecule has 1 saturated heterocycles. The van der Waals surface area contributed by atoms with Gasteiger partial charge in [-0.1, -0.05) is 24.6 Å². The van der Waals surface area contributed by atoms with Gasteiger partial charge in [0.1, 0.15) is 12.4 Å². The molecule has 2 heterocycles. The molecule has 8 heteroatoms. The lowest BCUT2D eigenvalue weighted by Gasteiger charge is -2.25. The van der Waals surface area contributed by atoms with Crippen LogP contribution in [0.1, 0.15) is 52.0 Å². The summed E-state index contributed by atoms with van der Waals surface area (Å²) in [7, 11) is 1.38. The van der Waals surface area contributed by atoms with Crippen LogP contribution in [0.4, 0.5) is 4.39 Å². The Morgan fingerprint density at radius 1 is 1.13 bits per heavy atom. The summed E-state index contributed by atoms with van der Waals surface area (Å²) in [4.78, 5) is 33.8. The molecule has 38 heavy (non-hydrogen) atoms. The number of fused-ring (bicyclic) bond motifs is 1. The summed E-state index contributed by atoms with van der Waals surface area (Å²) in [5.41, 5.74) is 1.09. The van der Waals surface area contributed by atoms with E-state index in [-0.39, 0.29) is 29.6 Å². The number of halogens is 1. The predicted octanol–water partition coefficient (Wildman–Crippen LogP) is 5.02. The van der Waals surface area contributed by atoms with Crippen LogP contribution >= 0.6 is 0 Å². The van der Waals surface area contributed by atoms with Crippen molar-refractivity contribution in [3.05, 3.63) is 64.2 Å². The van der Waals surface area contributed by atoms with Crippen LogP contribution in [0.2, 0.25) is 0 Å². The zero-order valence-electron chi connectivity index (χ0n) is 22.7. The molecular formula is C30H37FN4O3. The molecule has 0 atom stereocenters. The number of rotatable bonds is 8. The van der Waals surface area contributed by atoms with E-state index in [9.17, 15) is 14.0 Å². The van der Waals surface area contributed by atoms with Gasteiger partial charge in [0, 0.05) is 17.6 Å². The third-order valence-electron chi connectivity index (χ3n) is 6.57. The molecule has 202 valence electrons. The highest BCUT2D eigenvalue weighted by Gasteiger charge is 2.20. The van der Waals surface area contributed by atoms with E-state index in [0.29, 0.717) is 16.5 Å². The maximum absolute atomic E-state index is 14.1. The zero-order chi connectivity index (χ0) is 27.3. The first-order valence-corrected chi connectivity index (χ1v) is 13.2. The van der Waals surface area contributed by atoms with Crippen LogP contribution in [0.15, 0.2) is 47.3 Å². The lowest BCUT2D eigenvalue weighted by molar-refractivity contribution is -0.123. The minimum atomic E-state index is -0.520. The van der Waals surface area contributed by atoms with Crippen molar-refractivity contribution in [2.75, 3.05) is 26.7 Å². The quantitative estimate of drug-likeness (QED) is 0.452. The van der Waals surface area contributed by atoms with Gasteiger partial charge >= 0.3 is 0 Å². The normalized spacial score (nSPS) is 14.8. The Kier molecular flexibility index (Phi) is 8.62. The third-order valence-corrected chi connectivity index (χ3v) is 6.57. The van der Waals surface area contributed by atoms with Gasteiger partial charge in [-0.25, -0.2) is 9.37 Å². The predicted molar refractivity (Wildman–Crippen MR) is 150 cm³/mol. The van der Waals surface area contributed by atoms with Gasteiger partial charge in [0.2, 0.25) is 5.91 Å². The zero-order valence-corrected chi connectivity index (χ0v) is 22.7. The maximum atomic E-state index is 14.1. The van der Waals surface area contributed by atoms with Crippen LogP contribution in [0.5, 0.6) is 5.75 Å². The fourth-order valence-corrected chi connectivity index (χ4v) is 4.77. The van der Waals surface area contributed by atoms with Crippen molar-refractivity contribution in [3.63, 3.8) is 0 Å². The number of nitrogens with one attached hydrogen (secondary N) is 1. The van der Waals surface area contributed by atoms with Crippen LogP contribution in [0, 0.1) is 5.82 Å². The highest BCUT2D eigenvalue weighted by Crippen LogP contribution is 2.26. The van der Waals surface area contributed by atoms with Crippen LogP contribution in [-0.4, -0.2) is 52.6 Å². The fourth-order valence-electron chi connectivity index (χ4n) is 4.77. The third kappa shape index (κ3) is 6.86. The molecule has 7 nitrogen and oxygen atoms in total. The highest BCUT2D eigenvalue weighted by atomic mass is 19.1. The summed E-state index contributed by atoms with van der Waals surface area (Å²) in [6.07, 6.45) is 8.97. The Morgan fingerprint density at radius 3 is 2.61 bits per heavy atom. The molecule has 1 aliphatic heterocycles. The van der Waals surface area contributed by atoms with E-state index in [0.717, 1.165) is 18.5 Å². The minimum Gasteiger partial charge on any atom is -0.494 e. The fraction of sp³-hybridized carbons (Fsp3) is 0.433. The monoisotopic (exact) mass is 520 g/mol. The van der Waals surface area contributed by atoms with Gasteiger partial charge in [0.15, 0.2) is 11.6 Å². The largest absolute Gasteiger partial charge is 0.494 e. The molecule has 0 unspecified atom stereocenters. The number of aromatic nitrogens is 2. The first kappa shape index (κ1) is 27.5. The molecule has 0 aliphatic carbocycles. The molecule has 0 spiro atoms. The number of nitrogens with zero attached hydrogens (tertiary/aromatic N) is 3. The Balaban J connectivity index is 1.69. The summed E-state index contributed by atoms with van der Waals surface area (Å²) in [6, 6.07) is 9.84. The van der Waals surface area contributed by atoms with E-state index in [1.54, 1.807) is 0 Å². The molecule has 1 aliphatic rings. The average molecular weight is 521 g/mol. The Morgan fingerprint density at radius 2 is 1.89 bits per heavy atom. The molecule has 1 aromatic heterocycles. The van der Waals surface area contributed by atoms with E-state index >= 15 is 0 Å².